The molecule has 0 radical (unpaired) electrons. The fraction of sp³-hybridized carbons (Fsp3) is 0.273. The Morgan fingerprint density at radius 3 is 2.79 bits per heavy atom. The number of halogens is 2. The van der Waals surface area contributed by atoms with Crippen LogP contribution in [0, 0.1) is 10.1 Å². The van der Waals surface area contributed by atoms with E-state index in [-0.39, 0.29) is 16.4 Å². The summed E-state index contributed by atoms with van der Waals surface area (Å²) >= 11 is 6.63. The lowest BCUT2D eigenvalue weighted by atomic mass is 10.2. The number of nitro benzene ring substituents is 1. The molecule has 0 saturated carbocycles. The molecule has 0 aliphatic rings. The van der Waals surface area contributed by atoms with Crippen LogP contribution in [0.15, 0.2) is 27.1 Å². The largest absolute Gasteiger partial charge is 0.419 e. The second kappa shape index (κ2) is 5.79. The Kier molecular flexibility index (Phi) is 4.31. The molecule has 0 saturated heterocycles. The van der Waals surface area contributed by atoms with Crippen LogP contribution < -0.4 is 0 Å². The molecule has 0 fully saturated rings. The van der Waals surface area contributed by atoms with Crippen molar-refractivity contribution in [3.05, 3.63) is 38.7 Å². The van der Waals surface area contributed by atoms with Crippen LogP contribution in [-0.4, -0.2) is 15.1 Å². The maximum Gasteiger partial charge on any atom is 0.271 e. The minimum Gasteiger partial charge on any atom is -0.419 e. The number of nitrogens with zero attached hydrogens (tertiary/aromatic N) is 3. The number of alkyl halides is 1. The zero-order valence-electron chi connectivity index (χ0n) is 9.84. The highest BCUT2D eigenvalue weighted by molar-refractivity contribution is 9.10. The Labute approximate surface area is 125 Å². The lowest BCUT2D eigenvalue weighted by Crippen LogP contribution is -1.89. The number of non-ortho nitro benzene ring substituents is 1. The summed E-state index contributed by atoms with van der Waals surface area (Å²) in [5, 5.41) is 18.6. The normalized spacial score (nSPS) is 12.4. The lowest BCUT2D eigenvalue weighted by Gasteiger charge is -1.99. The Morgan fingerprint density at radius 2 is 2.16 bits per heavy atom. The molecule has 0 bridgehead atoms. The van der Waals surface area contributed by atoms with Crippen molar-refractivity contribution >= 4 is 37.5 Å². The van der Waals surface area contributed by atoms with Crippen molar-refractivity contribution in [2.45, 2.75) is 18.2 Å². The fourth-order valence-corrected chi connectivity index (χ4v) is 2.12. The van der Waals surface area contributed by atoms with Crippen LogP contribution in [0.25, 0.3) is 11.5 Å². The minimum absolute atomic E-state index is 0.0177. The van der Waals surface area contributed by atoms with Gasteiger partial charge in [0.2, 0.25) is 11.8 Å². The summed E-state index contributed by atoms with van der Waals surface area (Å²) in [7, 11) is 0. The second-order valence-corrected chi connectivity index (χ2v) is 5.80. The molecule has 1 atom stereocenters. The molecule has 0 amide bonds. The van der Waals surface area contributed by atoms with E-state index in [0.717, 1.165) is 6.42 Å². The molecule has 2 aromatic rings. The molecule has 0 N–H and O–H groups in total. The maximum atomic E-state index is 10.8. The van der Waals surface area contributed by atoms with Gasteiger partial charge < -0.3 is 4.42 Å². The molecule has 0 spiro atoms. The van der Waals surface area contributed by atoms with Crippen LogP contribution >= 0.6 is 31.9 Å². The third-order valence-corrected chi connectivity index (χ3v) is 3.90. The van der Waals surface area contributed by atoms with E-state index in [2.05, 4.69) is 42.1 Å². The van der Waals surface area contributed by atoms with Gasteiger partial charge in [-0.25, -0.2) is 0 Å². The first-order chi connectivity index (χ1) is 9.01. The maximum absolute atomic E-state index is 10.8. The molecule has 100 valence electrons. The van der Waals surface area contributed by atoms with Crippen molar-refractivity contribution in [3.8, 4) is 11.5 Å². The number of hydrogen-bond donors (Lipinski definition) is 0. The summed E-state index contributed by atoms with van der Waals surface area (Å²) in [5.41, 5.74) is 0.477. The molecule has 1 aromatic heterocycles. The number of aromatic nitrogens is 2. The van der Waals surface area contributed by atoms with E-state index in [0.29, 0.717) is 15.9 Å². The summed E-state index contributed by atoms with van der Waals surface area (Å²) in [6.07, 6.45) is 0.806. The molecule has 1 heterocycles. The van der Waals surface area contributed by atoms with Gasteiger partial charge in [-0.15, -0.1) is 10.2 Å². The van der Waals surface area contributed by atoms with Gasteiger partial charge in [-0.3, -0.25) is 10.1 Å². The standard InChI is InChI=1S/C11H9Br2N3O3/c1-2-9(13)11-15-14-10(19-11)6-3-7(12)5-8(4-6)16(17)18/h3-5,9H,2H2,1H3. The smallest absolute Gasteiger partial charge is 0.271 e. The van der Waals surface area contributed by atoms with Gasteiger partial charge in [-0.1, -0.05) is 38.8 Å². The van der Waals surface area contributed by atoms with Crippen LogP contribution in [0.5, 0.6) is 0 Å². The van der Waals surface area contributed by atoms with E-state index in [4.69, 9.17) is 4.42 Å². The Morgan fingerprint density at radius 1 is 1.42 bits per heavy atom. The number of nitro groups is 1. The van der Waals surface area contributed by atoms with Crippen LogP contribution in [0.2, 0.25) is 0 Å². The molecule has 0 aliphatic heterocycles. The third-order valence-electron chi connectivity index (χ3n) is 2.41. The van der Waals surface area contributed by atoms with Crippen LogP contribution in [0.4, 0.5) is 5.69 Å². The zero-order chi connectivity index (χ0) is 14.0. The van der Waals surface area contributed by atoms with Crippen LogP contribution in [0.3, 0.4) is 0 Å². The van der Waals surface area contributed by atoms with Gasteiger partial charge in [0.1, 0.15) is 0 Å². The zero-order valence-corrected chi connectivity index (χ0v) is 13.0. The minimum atomic E-state index is -0.467. The van der Waals surface area contributed by atoms with Crippen molar-refractivity contribution in [2.75, 3.05) is 0 Å². The fourth-order valence-electron chi connectivity index (χ4n) is 1.46. The SMILES string of the molecule is CCC(Br)c1nnc(-c2cc(Br)cc([N+](=O)[O-])c2)o1. The Bertz CT molecular complexity index is 615. The molecular weight excluding hydrogens is 382 g/mol. The molecule has 1 unspecified atom stereocenters. The van der Waals surface area contributed by atoms with Gasteiger partial charge in [0, 0.05) is 22.2 Å². The van der Waals surface area contributed by atoms with Crippen molar-refractivity contribution in [1.29, 1.82) is 0 Å². The van der Waals surface area contributed by atoms with Gasteiger partial charge in [-0.05, 0) is 12.5 Å². The molecule has 19 heavy (non-hydrogen) atoms. The number of benzene rings is 1. The monoisotopic (exact) mass is 389 g/mol. The summed E-state index contributed by atoms with van der Waals surface area (Å²) in [6.45, 7) is 1.98. The average molecular weight is 391 g/mol. The van der Waals surface area contributed by atoms with Gasteiger partial charge in [0.15, 0.2) is 0 Å². The van der Waals surface area contributed by atoms with Crippen molar-refractivity contribution in [2.24, 2.45) is 0 Å². The first kappa shape index (κ1) is 14.1. The van der Waals surface area contributed by atoms with Crippen LogP contribution in [-0.2, 0) is 0 Å². The number of hydrogen-bond acceptors (Lipinski definition) is 5. The van der Waals surface area contributed by atoms with Crippen molar-refractivity contribution < 1.29 is 9.34 Å². The van der Waals surface area contributed by atoms with E-state index in [1.165, 1.54) is 12.1 Å². The number of rotatable bonds is 4. The van der Waals surface area contributed by atoms with Gasteiger partial charge in [-0.2, -0.15) is 0 Å². The highest BCUT2D eigenvalue weighted by atomic mass is 79.9. The highest BCUT2D eigenvalue weighted by Gasteiger charge is 2.17. The second-order valence-electron chi connectivity index (χ2n) is 3.78. The summed E-state index contributed by atoms with van der Waals surface area (Å²) in [5.74, 6) is 0.720. The predicted molar refractivity (Wildman–Crippen MR) is 76.0 cm³/mol. The summed E-state index contributed by atoms with van der Waals surface area (Å²) in [6, 6.07) is 4.51. The van der Waals surface area contributed by atoms with Crippen LogP contribution in [0.1, 0.15) is 24.1 Å². The van der Waals surface area contributed by atoms with E-state index in [1.54, 1.807) is 6.07 Å². The van der Waals surface area contributed by atoms with E-state index >= 15 is 0 Å². The molecular formula is C11H9Br2N3O3. The molecule has 0 aliphatic carbocycles. The topological polar surface area (TPSA) is 82.1 Å². The quantitative estimate of drug-likeness (QED) is 0.442. The van der Waals surface area contributed by atoms with E-state index in [9.17, 15) is 10.1 Å². The van der Waals surface area contributed by atoms with Gasteiger partial charge >= 0.3 is 0 Å². The Hall–Kier alpha value is -1.28. The average Bonchev–Trinajstić information content (AvgIpc) is 2.86. The molecule has 6 nitrogen and oxygen atoms in total. The summed E-state index contributed by atoms with van der Waals surface area (Å²) < 4.78 is 6.09. The van der Waals surface area contributed by atoms with E-state index < -0.39 is 4.92 Å². The first-order valence-electron chi connectivity index (χ1n) is 5.44. The van der Waals surface area contributed by atoms with Crippen molar-refractivity contribution in [3.63, 3.8) is 0 Å². The molecule has 1 aromatic carbocycles. The van der Waals surface area contributed by atoms with Gasteiger partial charge in [0.05, 0.1) is 9.75 Å². The Balaban J connectivity index is 2.41. The first-order valence-corrected chi connectivity index (χ1v) is 7.15. The predicted octanol–water partition coefficient (Wildman–Crippen LogP) is 4.25. The van der Waals surface area contributed by atoms with Gasteiger partial charge in [0.25, 0.3) is 5.69 Å². The lowest BCUT2D eigenvalue weighted by molar-refractivity contribution is -0.384. The summed E-state index contributed by atoms with van der Waals surface area (Å²) in [4.78, 5) is 10.3. The molecule has 8 heteroatoms. The van der Waals surface area contributed by atoms with Crippen molar-refractivity contribution in [1.82, 2.24) is 10.2 Å². The third kappa shape index (κ3) is 3.19. The molecule has 2 rings (SSSR count). The highest BCUT2D eigenvalue weighted by Crippen LogP contribution is 2.31. The van der Waals surface area contributed by atoms with E-state index in [1.807, 2.05) is 6.92 Å².